The van der Waals surface area contributed by atoms with Crippen LogP contribution in [0.5, 0.6) is 5.75 Å². The number of benzene rings is 3. The molecule has 178 valence electrons. The van der Waals surface area contributed by atoms with Crippen molar-refractivity contribution in [2.24, 2.45) is 0 Å². The molecule has 36 heavy (non-hydrogen) atoms. The molecule has 5 aromatic rings. The SMILES string of the molecule is COc1ccc(CN2C(=S)N[C@H](c3ccccn3)[C@H]2c2cccn2-c2ccc3ccccc3c2)cc1. The molecule has 0 spiro atoms. The first-order valence-corrected chi connectivity index (χ1v) is 12.4. The highest BCUT2D eigenvalue weighted by atomic mass is 32.1. The van der Waals surface area contributed by atoms with Crippen molar-refractivity contribution >= 4 is 28.1 Å². The van der Waals surface area contributed by atoms with Crippen LogP contribution in [0, 0.1) is 0 Å². The van der Waals surface area contributed by atoms with Gasteiger partial charge in [0.05, 0.1) is 24.9 Å². The smallest absolute Gasteiger partial charge is 0.170 e. The molecule has 6 rings (SSSR count). The van der Waals surface area contributed by atoms with Gasteiger partial charge in [-0.1, -0.05) is 48.5 Å². The molecule has 2 atom stereocenters. The van der Waals surface area contributed by atoms with Gasteiger partial charge in [-0.25, -0.2) is 0 Å². The highest BCUT2D eigenvalue weighted by molar-refractivity contribution is 7.80. The summed E-state index contributed by atoms with van der Waals surface area (Å²) < 4.78 is 7.61. The fourth-order valence-electron chi connectivity index (χ4n) is 5.02. The zero-order chi connectivity index (χ0) is 24.5. The van der Waals surface area contributed by atoms with Gasteiger partial charge in [0.1, 0.15) is 5.75 Å². The summed E-state index contributed by atoms with van der Waals surface area (Å²) in [7, 11) is 1.68. The van der Waals surface area contributed by atoms with Gasteiger partial charge >= 0.3 is 0 Å². The zero-order valence-electron chi connectivity index (χ0n) is 19.9. The molecule has 1 fully saturated rings. The number of hydrogen-bond acceptors (Lipinski definition) is 3. The van der Waals surface area contributed by atoms with Crippen LogP contribution in [0.25, 0.3) is 16.5 Å². The van der Waals surface area contributed by atoms with E-state index in [0.717, 1.165) is 33.5 Å². The number of ether oxygens (including phenoxy) is 1. The Balaban J connectivity index is 1.43. The van der Waals surface area contributed by atoms with Gasteiger partial charge in [-0.15, -0.1) is 0 Å². The van der Waals surface area contributed by atoms with Crippen molar-refractivity contribution < 1.29 is 4.74 Å². The summed E-state index contributed by atoms with van der Waals surface area (Å²) in [6, 6.07) is 33.4. The standard InChI is InChI=1S/C30H26N4OS/c1-35-25-15-11-21(12-16-25)20-34-29(28(32-30(34)36)26-9-4-5-17-31-26)27-10-6-18-33(27)24-14-13-22-7-2-3-8-23(22)19-24/h2-19,28-29H,20H2,1H3,(H,32,36)/t28-,29-/m1/s1. The van der Waals surface area contributed by atoms with Crippen molar-refractivity contribution in [3.63, 3.8) is 0 Å². The predicted octanol–water partition coefficient (Wildman–Crippen LogP) is 6.21. The molecule has 2 aromatic heterocycles. The summed E-state index contributed by atoms with van der Waals surface area (Å²) in [5.74, 6) is 0.842. The lowest BCUT2D eigenvalue weighted by atomic mass is 10.0. The highest BCUT2D eigenvalue weighted by Crippen LogP contribution is 2.40. The van der Waals surface area contributed by atoms with Gasteiger partial charge in [0.15, 0.2) is 5.11 Å². The summed E-state index contributed by atoms with van der Waals surface area (Å²) in [6.45, 7) is 0.673. The van der Waals surface area contributed by atoms with Crippen LogP contribution >= 0.6 is 12.2 Å². The average Bonchev–Trinajstić information content (AvgIpc) is 3.54. The number of nitrogens with one attached hydrogen (secondary N) is 1. The molecule has 0 amide bonds. The lowest BCUT2D eigenvalue weighted by Gasteiger charge is -2.29. The van der Waals surface area contributed by atoms with E-state index in [9.17, 15) is 0 Å². The molecule has 5 nitrogen and oxygen atoms in total. The summed E-state index contributed by atoms with van der Waals surface area (Å²) >= 11 is 5.89. The first kappa shape index (κ1) is 22.3. The van der Waals surface area contributed by atoms with Crippen molar-refractivity contribution in [1.82, 2.24) is 19.8 Å². The third-order valence-electron chi connectivity index (χ3n) is 6.80. The molecular weight excluding hydrogens is 464 g/mol. The molecule has 6 heteroatoms. The maximum atomic E-state index is 5.89. The van der Waals surface area contributed by atoms with Gasteiger partial charge in [-0.2, -0.15) is 0 Å². The van der Waals surface area contributed by atoms with Gasteiger partial charge < -0.3 is 19.5 Å². The van der Waals surface area contributed by atoms with E-state index in [4.69, 9.17) is 17.0 Å². The number of pyridine rings is 1. The van der Waals surface area contributed by atoms with E-state index in [-0.39, 0.29) is 12.1 Å². The highest BCUT2D eigenvalue weighted by Gasteiger charge is 2.41. The second kappa shape index (κ2) is 9.47. The number of methoxy groups -OCH3 is 1. The van der Waals surface area contributed by atoms with Crippen molar-refractivity contribution in [3.8, 4) is 11.4 Å². The van der Waals surface area contributed by atoms with Crippen LogP contribution in [0.15, 0.2) is 109 Å². The number of thiocarbonyl (C=S) groups is 1. The first-order valence-electron chi connectivity index (χ1n) is 12.0. The maximum absolute atomic E-state index is 5.89. The van der Waals surface area contributed by atoms with Crippen LogP contribution in [-0.2, 0) is 6.54 Å². The second-order valence-electron chi connectivity index (χ2n) is 8.94. The Bertz CT molecular complexity index is 1510. The second-order valence-corrected chi connectivity index (χ2v) is 9.32. The Labute approximate surface area is 216 Å². The van der Waals surface area contributed by atoms with Gasteiger partial charge in [-0.3, -0.25) is 4.98 Å². The third-order valence-corrected chi connectivity index (χ3v) is 7.16. The fraction of sp³-hybridized carbons (Fsp3) is 0.133. The zero-order valence-corrected chi connectivity index (χ0v) is 20.7. The molecule has 3 aromatic carbocycles. The van der Waals surface area contributed by atoms with E-state index >= 15 is 0 Å². The molecule has 1 aliphatic rings. The third kappa shape index (κ3) is 4.10. The quantitative estimate of drug-likeness (QED) is 0.287. The molecule has 0 aliphatic carbocycles. The molecule has 0 unspecified atom stereocenters. The molecular formula is C30H26N4OS. The summed E-state index contributed by atoms with van der Waals surface area (Å²) in [5, 5.41) is 6.73. The van der Waals surface area contributed by atoms with Crippen molar-refractivity contribution in [2.75, 3.05) is 7.11 Å². The normalized spacial score (nSPS) is 17.4. The molecule has 0 bridgehead atoms. The van der Waals surface area contributed by atoms with Crippen LogP contribution in [0.2, 0.25) is 0 Å². The maximum Gasteiger partial charge on any atom is 0.170 e. The average molecular weight is 491 g/mol. The van der Waals surface area contributed by atoms with E-state index < -0.39 is 0 Å². The number of fused-ring (bicyclic) bond motifs is 1. The molecule has 0 saturated carbocycles. The van der Waals surface area contributed by atoms with Gasteiger partial charge in [0.2, 0.25) is 0 Å². The molecule has 0 radical (unpaired) electrons. The van der Waals surface area contributed by atoms with E-state index in [1.165, 1.54) is 10.8 Å². The fourth-order valence-corrected chi connectivity index (χ4v) is 5.33. The van der Waals surface area contributed by atoms with E-state index in [0.29, 0.717) is 6.54 Å². The summed E-state index contributed by atoms with van der Waals surface area (Å²) in [6.07, 6.45) is 3.97. The van der Waals surface area contributed by atoms with E-state index in [1.54, 1.807) is 7.11 Å². The lowest BCUT2D eigenvalue weighted by Crippen LogP contribution is -2.30. The Kier molecular flexibility index (Phi) is 5.87. The van der Waals surface area contributed by atoms with Gasteiger partial charge in [0.25, 0.3) is 0 Å². The van der Waals surface area contributed by atoms with Crippen LogP contribution in [-0.4, -0.2) is 26.7 Å². The van der Waals surface area contributed by atoms with Gasteiger partial charge in [0, 0.05) is 30.3 Å². The van der Waals surface area contributed by atoms with Crippen LogP contribution < -0.4 is 10.1 Å². The summed E-state index contributed by atoms with van der Waals surface area (Å²) in [4.78, 5) is 6.96. The van der Waals surface area contributed by atoms with E-state index in [1.807, 2.05) is 30.5 Å². The van der Waals surface area contributed by atoms with Crippen molar-refractivity contribution in [2.45, 2.75) is 18.6 Å². The minimum Gasteiger partial charge on any atom is -0.497 e. The molecule has 1 aliphatic heterocycles. The largest absolute Gasteiger partial charge is 0.497 e. The van der Waals surface area contributed by atoms with Crippen LogP contribution in [0.4, 0.5) is 0 Å². The molecule has 1 N–H and O–H groups in total. The monoisotopic (exact) mass is 490 g/mol. The number of aromatic nitrogens is 2. The Morgan fingerprint density at radius 1 is 0.889 bits per heavy atom. The van der Waals surface area contributed by atoms with Gasteiger partial charge in [-0.05, 0) is 77.1 Å². The Morgan fingerprint density at radius 2 is 1.69 bits per heavy atom. The molecule has 3 heterocycles. The lowest BCUT2D eigenvalue weighted by molar-refractivity contribution is 0.302. The topological polar surface area (TPSA) is 42.3 Å². The van der Waals surface area contributed by atoms with Crippen molar-refractivity contribution in [3.05, 3.63) is 126 Å². The number of nitrogens with zero attached hydrogens (tertiary/aromatic N) is 3. The van der Waals surface area contributed by atoms with Crippen LogP contribution in [0.1, 0.15) is 29.0 Å². The number of hydrogen-bond donors (Lipinski definition) is 1. The predicted molar refractivity (Wildman–Crippen MR) is 147 cm³/mol. The van der Waals surface area contributed by atoms with E-state index in [2.05, 4.69) is 98.8 Å². The Hall–Kier alpha value is -4.16. The molecule has 1 saturated heterocycles. The van der Waals surface area contributed by atoms with Crippen LogP contribution in [0.3, 0.4) is 0 Å². The summed E-state index contributed by atoms with van der Waals surface area (Å²) in [5.41, 5.74) is 4.40. The Morgan fingerprint density at radius 3 is 2.47 bits per heavy atom. The minimum absolute atomic E-state index is 0.0454. The number of rotatable bonds is 6. The first-order chi connectivity index (χ1) is 17.7. The minimum atomic E-state index is -0.0777. The van der Waals surface area contributed by atoms with Crippen molar-refractivity contribution in [1.29, 1.82) is 0 Å².